The topological polar surface area (TPSA) is 52.6 Å². The second-order valence-corrected chi connectivity index (χ2v) is 8.69. The van der Waals surface area contributed by atoms with Crippen molar-refractivity contribution in [2.45, 2.75) is 72.3 Å². The summed E-state index contributed by atoms with van der Waals surface area (Å²) in [5.41, 5.74) is 0. The summed E-state index contributed by atoms with van der Waals surface area (Å²) in [6.07, 6.45) is -11.9. The molecule has 0 N–H and O–H groups in total. The Hall–Kier alpha value is -1.38. The average molecular weight is 696 g/mol. The molecule has 0 rings (SSSR count). The van der Waals surface area contributed by atoms with Crippen LogP contribution in [0.15, 0.2) is 0 Å². The third-order valence-corrected chi connectivity index (χ3v) is 5.57. The zero-order valence-electron chi connectivity index (χ0n) is 18.2. The minimum Gasteiger partial charge on any atom is -0.466 e. The Labute approximate surface area is 211 Å². The van der Waals surface area contributed by atoms with Gasteiger partial charge in [0.1, 0.15) is 3.92 Å². The van der Waals surface area contributed by atoms with E-state index in [1.54, 1.807) is 0 Å². The van der Waals surface area contributed by atoms with Crippen LogP contribution in [0.25, 0.3) is 0 Å². The SMILES string of the molecule is CCOC(=O)C(I)CC(CC(F)(F)C(F)(F)C(F)(F)C(F)(F)C(F)(F)C(F)(F)C(F)(F)F)C(=O)OCC. The van der Waals surface area contributed by atoms with E-state index in [0.717, 1.165) is 29.5 Å². The molecule has 0 aromatic heterocycles. The first-order chi connectivity index (χ1) is 16.2. The molecular weight excluding hydrogens is 680 g/mol. The highest BCUT2D eigenvalue weighted by molar-refractivity contribution is 14.1. The van der Waals surface area contributed by atoms with Crippen molar-refractivity contribution < 1.29 is 84.9 Å². The fourth-order valence-electron chi connectivity index (χ4n) is 2.54. The third-order valence-electron chi connectivity index (χ3n) is 4.55. The number of hydrogen-bond donors (Lipinski definition) is 0. The highest BCUT2D eigenvalue weighted by Crippen LogP contribution is 2.63. The van der Waals surface area contributed by atoms with E-state index >= 15 is 0 Å². The van der Waals surface area contributed by atoms with Crippen LogP contribution in [0.4, 0.5) is 65.9 Å². The number of halogens is 16. The molecule has 37 heavy (non-hydrogen) atoms. The van der Waals surface area contributed by atoms with Gasteiger partial charge < -0.3 is 9.47 Å². The van der Waals surface area contributed by atoms with Crippen molar-refractivity contribution in [3.05, 3.63) is 0 Å². The van der Waals surface area contributed by atoms with Gasteiger partial charge in [-0.25, -0.2) is 0 Å². The lowest BCUT2D eigenvalue weighted by Gasteiger charge is -2.42. The van der Waals surface area contributed by atoms with Crippen LogP contribution >= 0.6 is 22.6 Å². The molecule has 0 aliphatic rings. The number of ether oxygens (including phenoxy) is 2. The Balaban J connectivity index is 6.52. The highest BCUT2D eigenvalue weighted by Gasteiger charge is 2.93. The fraction of sp³-hybridized carbons (Fsp3) is 0.882. The Morgan fingerprint density at radius 3 is 1.35 bits per heavy atom. The van der Waals surface area contributed by atoms with Crippen molar-refractivity contribution in [3.8, 4) is 0 Å². The van der Waals surface area contributed by atoms with Crippen molar-refractivity contribution in [1.82, 2.24) is 0 Å². The number of carbonyl (C=O) groups is 2. The van der Waals surface area contributed by atoms with E-state index in [9.17, 15) is 75.4 Å². The standard InChI is InChI=1S/C17H16F15IO4/c1-3-36-9(34)7(5-8(33)10(35)37-4-2)6-11(18,19)12(20,21)13(22,23)14(24,25)15(26,27)16(28,29)17(30,31)32/h7-8H,3-6H2,1-2H3. The van der Waals surface area contributed by atoms with Crippen molar-refractivity contribution in [1.29, 1.82) is 0 Å². The van der Waals surface area contributed by atoms with Gasteiger partial charge in [-0.3, -0.25) is 9.59 Å². The van der Waals surface area contributed by atoms with Crippen molar-refractivity contribution >= 4 is 34.5 Å². The molecule has 0 saturated heterocycles. The fourth-order valence-corrected chi connectivity index (χ4v) is 3.33. The average Bonchev–Trinajstić information content (AvgIpc) is 2.71. The van der Waals surface area contributed by atoms with Gasteiger partial charge in [-0.15, -0.1) is 0 Å². The molecule has 0 bridgehead atoms. The molecule has 0 aliphatic carbocycles. The first kappa shape index (κ1) is 35.6. The maximum absolute atomic E-state index is 14.3. The summed E-state index contributed by atoms with van der Waals surface area (Å²) in [5.74, 6) is -53.4. The zero-order valence-corrected chi connectivity index (χ0v) is 20.3. The summed E-state index contributed by atoms with van der Waals surface area (Å²) in [6.45, 7) is 1.30. The van der Waals surface area contributed by atoms with Crippen LogP contribution in [-0.4, -0.2) is 70.8 Å². The van der Waals surface area contributed by atoms with Gasteiger partial charge in [0.25, 0.3) is 0 Å². The summed E-state index contributed by atoms with van der Waals surface area (Å²) in [7, 11) is 0. The second-order valence-electron chi connectivity index (χ2n) is 7.18. The summed E-state index contributed by atoms with van der Waals surface area (Å²) in [4.78, 5) is 23.5. The molecule has 2 unspecified atom stereocenters. The molecule has 2 atom stereocenters. The molecule has 0 radical (unpaired) electrons. The van der Waals surface area contributed by atoms with Crippen LogP contribution in [0.5, 0.6) is 0 Å². The predicted octanol–water partition coefficient (Wildman–Crippen LogP) is 6.69. The molecule has 0 saturated carbocycles. The normalized spacial score (nSPS) is 16.3. The molecule has 0 aliphatic heterocycles. The van der Waals surface area contributed by atoms with E-state index < -0.39 is 82.9 Å². The molecule has 0 aromatic rings. The molecule has 0 spiro atoms. The van der Waals surface area contributed by atoms with Gasteiger partial charge in [0, 0.05) is 6.42 Å². The Kier molecular flexibility index (Phi) is 11.0. The number of rotatable bonds is 13. The molecule has 220 valence electrons. The lowest BCUT2D eigenvalue weighted by molar-refractivity contribution is -0.452. The van der Waals surface area contributed by atoms with Crippen LogP contribution in [0.3, 0.4) is 0 Å². The molecule has 0 heterocycles. The van der Waals surface area contributed by atoms with Gasteiger partial charge >= 0.3 is 53.7 Å². The Morgan fingerprint density at radius 2 is 0.973 bits per heavy atom. The number of carbonyl (C=O) groups excluding carboxylic acids is 2. The smallest absolute Gasteiger partial charge is 0.460 e. The first-order valence-electron chi connectivity index (χ1n) is 9.52. The number of hydrogen-bond acceptors (Lipinski definition) is 4. The van der Waals surface area contributed by atoms with Crippen LogP contribution in [0, 0.1) is 5.92 Å². The second kappa shape index (κ2) is 11.4. The van der Waals surface area contributed by atoms with E-state index in [1.165, 1.54) is 6.92 Å². The van der Waals surface area contributed by atoms with Gasteiger partial charge in [-0.1, -0.05) is 22.6 Å². The molecule has 0 fully saturated rings. The highest BCUT2D eigenvalue weighted by atomic mass is 127. The van der Waals surface area contributed by atoms with Gasteiger partial charge in [0.2, 0.25) is 0 Å². The zero-order chi connectivity index (χ0) is 30.1. The summed E-state index contributed by atoms with van der Waals surface area (Å²) >= 11 is 1.12. The van der Waals surface area contributed by atoms with E-state index in [4.69, 9.17) is 0 Å². The largest absolute Gasteiger partial charge is 0.466 e. The van der Waals surface area contributed by atoms with Crippen LogP contribution in [0.2, 0.25) is 0 Å². The predicted molar refractivity (Wildman–Crippen MR) is 99.5 cm³/mol. The molecule has 0 amide bonds. The van der Waals surface area contributed by atoms with Crippen LogP contribution in [-0.2, 0) is 19.1 Å². The van der Waals surface area contributed by atoms with E-state index in [1.807, 2.05) is 0 Å². The lowest BCUT2D eigenvalue weighted by atomic mass is 9.86. The Morgan fingerprint density at radius 1 is 0.622 bits per heavy atom. The lowest BCUT2D eigenvalue weighted by Crippen LogP contribution is -2.72. The maximum atomic E-state index is 14.3. The monoisotopic (exact) mass is 696 g/mol. The van der Waals surface area contributed by atoms with E-state index in [-0.39, 0.29) is 6.61 Å². The van der Waals surface area contributed by atoms with E-state index in [2.05, 4.69) is 9.47 Å². The van der Waals surface area contributed by atoms with Crippen LogP contribution < -0.4 is 0 Å². The van der Waals surface area contributed by atoms with Crippen molar-refractivity contribution in [2.24, 2.45) is 5.92 Å². The van der Waals surface area contributed by atoms with Crippen LogP contribution in [0.1, 0.15) is 26.7 Å². The van der Waals surface area contributed by atoms with Gasteiger partial charge in [-0.05, 0) is 20.3 Å². The molecule has 20 heteroatoms. The minimum atomic E-state index is -8.43. The van der Waals surface area contributed by atoms with Gasteiger partial charge in [-0.2, -0.15) is 65.9 Å². The molecule has 0 aromatic carbocycles. The first-order valence-corrected chi connectivity index (χ1v) is 10.8. The number of esters is 2. The summed E-state index contributed by atoms with van der Waals surface area (Å²) < 4.78 is 207. The van der Waals surface area contributed by atoms with Gasteiger partial charge in [0.15, 0.2) is 0 Å². The molecular formula is C17H16F15IO4. The van der Waals surface area contributed by atoms with E-state index in [0.29, 0.717) is 0 Å². The van der Waals surface area contributed by atoms with Crippen molar-refractivity contribution in [2.75, 3.05) is 13.2 Å². The summed E-state index contributed by atoms with van der Waals surface area (Å²) in [6, 6.07) is 0. The Bertz CT molecular complexity index is 813. The van der Waals surface area contributed by atoms with Gasteiger partial charge in [0.05, 0.1) is 19.1 Å². The summed E-state index contributed by atoms with van der Waals surface area (Å²) in [5, 5.41) is 0. The maximum Gasteiger partial charge on any atom is 0.460 e. The third kappa shape index (κ3) is 6.44. The van der Waals surface area contributed by atoms with Crippen molar-refractivity contribution in [3.63, 3.8) is 0 Å². The quantitative estimate of drug-likeness (QED) is 0.0934. The molecule has 4 nitrogen and oxygen atoms in total. The number of alkyl halides is 16. The minimum absolute atomic E-state index is 0.325.